The van der Waals surface area contributed by atoms with Gasteiger partial charge < -0.3 is 5.73 Å². The zero-order valence-corrected chi connectivity index (χ0v) is 8.53. The highest BCUT2D eigenvalue weighted by molar-refractivity contribution is 7.09. The molecule has 0 aromatic carbocycles. The molecule has 1 aliphatic heterocycles. The summed E-state index contributed by atoms with van der Waals surface area (Å²) < 4.78 is 3.66. The molecule has 78 valence electrons. The van der Waals surface area contributed by atoms with Gasteiger partial charge in [0.1, 0.15) is 10.7 Å². The van der Waals surface area contributed by atoms with Gasteiger partial charge in [-0.25, -0.2) is 0 Å². The fourth-order valence-corrected chi connectivity index (χ4v) is 2.32. The highest BCUT2D eigenvalue weighted by atomic mass is 32.1. The molecule has 2 fully saturated rings. The van der Waals surface area contributed by atoms with Crippen LogP contribution in [0.2, 0.25) is 0 Å². The molecule has 1 saturated heterocycles. The molecule has 6 nitrogen and oxygen atoms in total. The highest BCUT2D eigenvalue weighted by Gasteiger charge is 2.58. The Morgan fingerprint density at radius 1 is 1.40 bits per heavy atom. The Balaban J connectivity index is 1.82. The lowest BCUT2D eigenvalue weighted by molar-refractivity contribution is -0.142. The van der Waals surface area contributed by atoms with E-state index in [0.29, 0.717) is 10.7 Å². The molecule has 1 saturated carbocycles. The molecule has 2 heterocycles. The smallest absolute Gasteiger partial charge is 0.233 e. The van der Waals surface area contributed by atoms with Crippen molar-refractivity contribution in [2.24, 2.45) is 11.8 Å². The van der Waals surface area contributed by atoms with Gasteiger partial charge in [0, 0.05) is 11.5 Å². The van der Waals surface area contributed by atoms with Gasteiger partial charge in [-0.3, -0.25) is 14.5 Å². The monoisotopic (exact) mass is 224 g/mol. The van der Waals surface area contributed by atoms with Crippen molar-refractivity contribution in [3.05, 3.63) is 5.69 Å². The van der Waals surface area contributed by atoms with Crippen molar-refractivity contribution in [2.75, 3.05) is 5.73 Å². The molecule has 1 aromatic rings. The van der Waals surface area contributed by atoms with Crippen LogP contribution in [0.3, 0.4) is 0 Å². The molecule has 0 radical (unpaired) electrons. The second kappa shape index (κ2) is 2.75. The number of carbonyl (C=O) groups excluding carboxylic acids is 2. The van der Waals surface area contributed by atoms with E-state index in [1.807, 2.05) is 0 Å². The summed E-state index contributed by atoms with van der Waals surface area (Å²) >= 11 is 1.07. The van der Waals surface area contributed by atoms with E-state index >= 15 is 0 Å². The van der Waals surface area contributed by atoms with E-state index < -0.39 is 0 Å². The van der Waals surface area contributed by atoms with Gasteiger partial charge in [-0.05, 0) is 6.42 Å². The maximum Gasteiger partial charge on any atom is 0.233 e. The van der Waals surface area contributed by atoms with Gasteiger partial charge in [0.05, 0.1) is 18.4 Å². The molecule has 0 spiro atoms. The van der Waals surface area contributed by atoms with E-state index in [0.717, 1.165) is 18.0 Å². The normalized spacial score (nSPS) is 28.4. The third-order valence-corrected chi connectivity index (χ3v) is 3.45. The summed E-state index contributed by atoms with van der Waals surface area (Å²) in [5.74, 6) is -0.301. The van der Waals surface area contributed by atoms with E-state index in [1.54, 1.807) is 0 Å². The van der Waals surface area contributed by atoms with Gasteiger partial charge in [0.15, 0.2) is 0 Å². The number of hydrogen-bond acceptors (Lipinski definition) is 6. The van der Waals surface area contributed by atoms with Gasteiger partial charge in [-0.15, -0.1) is 5.10 Å². The number of imide groups is 1. The van der Waals surface area contributed by atoms with Gasteiger partial charge in [0.2, 0.25) is 11.8 Å². The van der Waals surface area contributed by atoms with E-state index in [2.05, 4.69) is 9.59 Å². The van der Waals surface area contributed by atoms with Crippen LogP contribution >= 0.6 is 11.5 Å². The van der Waals surface area contributed by atoms with Gasteiger partial charge in [-0.1, -0.05) is 4.49 Å². The zero-order valence-electron chi connectivity index (χ0n) is 7.71. The summed E-state index contributed by atoms with van der Waals surface area (Å²) in [6.45, 7) is 0.174. The lowest BCUT2D eigenvalue weighted by atomic mass is 10.3. The molecule has 2 aliphatic rings. The minimum atomic E-state index is -0.0857. The lowest BCUT2D eigenvalue weighted by Gasteiger charge is -2.14. The number of hydrogen-bond donors (Lipinski definition) is 1. The number of likely N-dealkylation sites (tertiary alicyclic amines) is 1. The Labute approximate surface area is 89.2 Å². The molecule has 1 aromatic heterocycles. The maximum absolute atomic E-state index is 11.6. The van der Waals surface area contributed by atoms with Gasteiger partial charge >= 0.3 is 0 Å². The SMILES string of the molecule is Nc1snnc1CN1C(=O)C2CC2C1=O. The number of piperidine rings is 1. The summed E-state index contributed by atoms with van der Waals surface area (Å²) in [4.78, 5) is 24.5. The molecular formula is C8H8N4O2S. The molecule has 2 atom stereocenters. The van der Waals surface area contributed by atoms with E-state index in [-0.39, 0.29) is 30.2 Å². The largest absolute Gasteiger partial charge is 0.388 e. The van der Waals surface area contributed by atoms with Crippen LogP contribution in [0.5, 0.6) is 0 Å². The first-order valence-corrected chi connectivity index (χ1v) is 5.37. The Morgan fingerprint density at radius 3 is 2.60 bits per heavy atom. The first kappa shape index (κ1) is 8.78. The molecule has 15 heavy (non-hydrogen) atoms. The lowest BCUT2D eigenvalue weighted by Crippen LogP contribution is -2.32. The topological polar surface area (TPSA) is 89.2 Å². The Bertz CT molecular complexity index is 437. The average Bonchev–Trinajstić information content (AvgIpc) is 2.86. The number of rotatable bonds is 2. The van der Waals surface area contributed by atoms with Gasteiger partial charge in [-0.2, -0.15) is 0 Å². The number of nitrogens with two attached hydrogens (primary N) is 1. The number of anilines is 1. The van der Waals surface area contributed by atoms with Crippen LogP contribution < -0.4 is 5.73 Å². The third-order valence-electron chi connectivity index (χ3n) is 2.85. The third kappa shape index (κ3) is 1.16. The molecular weight excluding hydrogens is 216 g/mol. The van der Waals surface area contributed by atoms with Crippen LogP contribution in [-0.2, 0) is 16.1 Å². The van der Waals surface area contributed by atoms with E-state index in [1.165, 1.54) is 4.90 Å². The minimum Gasteiger partial charge on any atom is -0.388 e. The number of fused-ring (bicyclic) bond motifs is 1. The number of aromatic nitrogens is 2. The molecule has 2 N–H and O–H groups in total. The summed E-state index contributed by atoms with van der Waals surface area (Å²) in [6.07, 6.45) is 0.721. The summed E-state index contributed by atoms with van der Waals surface area (Å²) in [5.41, 5.74) is 6.12. The van der Waals surface area contributed by atoms with Crippen molar-refractivity contribution in [3.63, 3.8) is 0 Å². The fourth-order valence-electron chi connectivity index (χ4n) is 1.88. The van der Waals surface area contributed by atoms with Crippen LogP contribution in [0.25, 0.3) is 0 Å². The predicted molar refractivity (Wildman–Crippen MR) is 51.5 cm³/mol. The highest BCUT2D eigenvalue weighted by Crippen LogP contribution is 2.47. The Kier molecular flexibility index (Phi) is 1.61. The number of nitrogens with zero attached hydrogens (tertiary/aromatic N) is 3. The predicted octanol–water partition coefficient (Wildman–Crippen LogP) is -0.375. The second-order valence-corrected chi connectivity index (χ2v) is 4.58. The van der Waals surface area contributed by atoms with Gasteiger partial charge in [0.25, 0.3) is 0 Å². The maximum atomic E-state index is 11.6. The first-order chi connectivity index (χ1) is 7.18. The van der Waals surface area contributed by atoms with Crippen molar-refractivity contribution >= 4 is 28.3 Å². The molecule has 7 heteroatoms. The number of carbonyl (C=O) groups is 2. The molecule has 2 amide bonds. The van der Waals surface area contributed by atoms with Crippen molar-refractivity contribution in [1.82, 2.24) is 14.5 Å². The standard InChI is InChI=1S/C8H8N4O2S/c9-6-5(10-11-15-6)2-12-7(13)3-1-4(3)8(12)14/h3-4H,1-2,9H2. The van der Waals surface area contributed by atoms with Crippen molar-refractivity contribution in [2.45, 2.75) is 13.0 Å². The Morgan fingerprint density at radius 2 is 2.07 bits per heavy atom. The average molecular weight is 224 g/mol. The molecule has 0 bridgehead atoms. The van der Waals surface area contributed by atoms with Crippen molar-refractivity contribution < 1.29 is 9.59 Å². The Hall–Kier alpha value is -1.50. The second-order valence-electron chi connectivity index (χ2n) is 3.80. The first-order valence-electron chi connectivity index (χ1n) is 4.60. The zero-order chi connectivity index (χ0) is 10.6. The van der Waals surface area contributed by atoms with Crippen LogP contribution in [0, 0.1) is 11.8 Å². The van der Waals surface area contributed by atoms with Crippen molar-refractivity contribution in [1.29, 1.82) is 0 Å². The minimum absolute atomic E-state index is 0.0645. The van der Waals surface area contributed by atoms with E-state index in [4.69, 9.17) is 5.73 Å². The van der Waals surface area contributed by atoms with Crippen molar-refractivity contribution in [3.8, 4) is 0 Å². The molecule has 2 unspecified atom stereocenters. The molecule has 1 aliphatic carbocycles. The summed E-state index contributed by atoms with van der Waals surface area (Å²) in [6, 6.07) is 0. The number of amides is 2. The number of nitrogen functional groups attached to an aromatic ring is 1. The van der Waals surface area contributed by atoms with Crippen LogP contribution in [-0.4, -0.2) is 26.3 Å². The van der Waals surface area contributed by atoms with Crippen LogP contribution in [0.4, 0.5) is 5.00 Å². The van der Waals surface area contributed by atoms with E-state index in [9.17, 15) is 9.59 Å². The summed E-state index contributed by atoms with van der Waals surface area (Å²) in [7, 11) is 0. The summed E-state index contributed by atoms with van der Waals surface area (Å²) in [5, 5.41) is 4.25. The fraction of sp³-hybridized carbons (Fsp3) is 0.500. The molecule has 3 rings (SSSR count). The van der Waals surface area contributed by atoms with Crippen LogP contribution in [0.15, 0.2) is 0 Å². The van der Waals surface area contributed by atoms with Crippen LogP contribution in [0.1, 0.15) is 12.1 Å². The quantitative estimate of drug-likeness (QED) is 0.692.